The summed E-state index contributed by atoms with van der Waals surface area (Å²) in [6.07, 6.45) is -1.80. The van der Waals surface area contributed by atoms with Crippen molar-refractivity contribution in [2.45, 2.75) is 12.2 Å². The minimum absolute atomic E-state index is 0.429. The Kier molecular flexibility index (Phi) is 3.73. The smallest absolute Gasteiger partial charge is 0.339 e. The molecule has 0 aliphatic carbocycles. The number of ether oxygens (including phenoxy) is 3. The van der Waals surface area contributed by atoms with Gasteiger partial charge in [0.2, 0.25) is 0 Å². The summed E-state index contributed by atoms with van der Waals surface area (Å²) < 4.78 is 15.9. The third-order valence-corrected chi connectivity index (χ3v) is 3.76. The highest BCUT2D eigenvalue weighted by molar-refractivity contribution is 5.94. The fraction of sp³-hybridized carbons (Fsp3) is 0.235. The third kappa shape index (κ3) is 2.19. The van der Waals surface area contributed by atoms with Crippen molar-refractivity contribution in [1.82, 2.24) is 0 Å². The largest absolute Gasteiger partial charge is 0.493 e. The first kappa shape index (κ1) is 14.4. The molecule has 22 heavy (non-hydrogen) atoms. The Labute approximate surface area is 128 Å². The summed E-state index contributed by atoms with van der Waals surface area (Å²) in [6.45, 7) is 0. The summed E-state index contributed by atoms with van der Waals surface area (Å²) in [4.78, 5) is 11.9. The summed E-state index contributed by atoms with van der Waals surface area (Å²) >= 11 is 0. The molecular weight excluding hydrogens is 284 g/mol. The molecule has 1 N–H and O–H groups in total. The van der Waals surface area contributed by atoms with Gasteiger partial charge in [0.05, 0.1) is 19.8 Å². The Morgan fingerprint density at radius 3 is 2.59 bits per heavy atom. The number of benzene rings is 2. The fourth-order valence-corrected chi connectivity index (χ4v) is 2.72. The van der Waals surface area contributed by atoms with Crippen LogP contribution in [0.4, 0.5) is 0 Å². The Morgan fingerprint density at radius 2 is 1.86 bits per heavy atom. The van der Waals surface area contributed by atoms with E-state index in [1.807, 2.05) is 6.07 Å². The zero-order chi connectivity index (χ0) is 15.7. The molecule has 1 heterocycles. The molecule has 114 valence electrons. The number of para-hydroxylation sites is 1. The molecule has 5 heteroatoms. The van der Waals surface area contributed by atoms with Crippen molar-refractivity contribution >= 4 is 5.97 Å². The molecule has 1 aliphatic rings. The number of cyclic esters (lactones) is 1. The lowest BCUT2D eigenvalue weighted by atomic mass is 9.96. The van der Waals surface area contributed by atoms with E-state index in [2.05, 4.69) is 0 Å². The van der Waals surface area contributed by atoms with Crippen LogP contribution in [0.5, 0.6) is 11.5 Å². The lowest BCUT2D eigenvalue weighted by Crippen LogP contribution is -2.12. The molecule has 1 aliphatic heterocycles. The molecule has 2 aromatic rings. The van der Waals surface area contributed by atoms with E-state index in [1.54, 1.807) is 36.4 Å². The summed E-state index contributed by atoms with van der Waals surface area (Å²) in [5.41, 5.74) is 1.66. The molecule has 0 saturated heterocycles. The van der Waals surface area contributed by atoms with Gasteiger partial charge in [0.25, 0.3) is 0 Å². The molecule has 0 saturated carbocycles. The number of rotatable bonds is 4. The SMILES string of the molecule is COc1cccc([C@H](O)[C@H]2OC(=O)c3ccccc32)c1OC. The zero-order valence-corrected chi connectivity index (χ0v) is 12.3. The molecule has 0 unspecified atom stereocenters. The average Bonchev–Trinajstić information content (AvgIpc) is 2.90. The van der Waals surface area contributed by atoms with Gasteiger partial charge < -0.3 is 19.3 Å². The Hall–Kier alpha value is -2.53. The molecule has 0 aromatic heterocycles. The van der Waals surface area contributed by atoms with Gasteiger partial charge in [0, 0.05) is 11.1 Å². The number of aliphatic hydroxyl groups excluding tert-OH is 1. The maximum Gasteiger partial charge on any atom is 0.339 e. The van der Waals surface area contributed by atoms with Crippen molar-refractivity contribution in [2.75, 3.05) is 14.2 Å². The van der Waals surface area contributed by atoms with E-state index in [0.717, 1.165) is 0 Å². The van der Waals surface area contributed by atoms with Crippen LogP contribution in [0.25, 0.3) is 0 Å². The molecule has 0 bridgehead atoms. The highest BCUT2D eigenvalue weighted by Crippen LogP contribution is 2.44. The second-order valence-corrected chi connectivity index (χ2v) is 4.94. The van der Waals surface area contributed by atoms with Crippen LogP contribution in [0.3, 0.4) is 0 Å². The van der Waals surface area contributed by atoms with E-state index in [0.29, 0.717) is 28.2 Å². The number of aliphatic hydroxyl groups is 1. The van der Waals surface area contributed by atoms with Crippen molar-refractivity contribution in [1.29, 1.82) is 0 Å². The summed E-state index contributed by atoms with van der Waals surface area (Å²) in [6, 6.07) is 12.3. The van der Waals surface area contributed by atoms with Crippen molar-refractivity contribution in [3.8, 4) is 11.5 Å². The van der Waals surface area contributed by atoms with Crippen LogP contribution in [0.1, 0.15) is 33.7 Å². The van der Waals surface area contributed by atoms with Crippen LogP contribution >= 0.6 is 0 Å². The Bertz CT molecular complexity index is 710. The molecule has 0 amide bonds. The number of fused-ring (bicyclic) bond motifs is 1. The maximum atomic E-state index is 11.9. The molecule has 0 fully saturated rings. The number of esters is 1. The van der Waals surface area contributed by atoms with Crippen molar-refractivity contribution in [3.63, 3.8) is 0 Å². The van der Waals surface area contributed by atoms with E-state index < -0.39 is 18.2 Å². The van der Waals surface area contributed by atoms with Gasteiger partial charge in [-0.05, 0) is 12.1 Å². The van der Waals surface area contributed by atoms with Gasteiger partial charge in [0.15, 0.2) is 17.6 Å². The van der Waals surface area contributed by atoms with Gasteiger partial charge in [-0.3, -0.25) is 0 Å². The van der Waals surface area contributed by atoms with Crippen LogP contribution in [0.2, 0.25) is 0 Å². The second-order valence-electron chi connectivity index (χ2n) is 4.94. The van der Waals surface area contributed by atoms with Crippen LogP contribution in [0, 0.1) is 0 Å². The van der Waals surface area contributed by atoms with Gasteiger partial charge in [-0.2, -0.15) is 0 Å². The number of hydrogen-bond donors (Lipinski definition) is 1. The average molecular weight is 300 g/mol. The van der Waals surface area contributed by atoms with Crippen LogP contribution in [-0.2, 0) is 4.74 Å². The van der Waals surface area contributed by atoms with Crippen molar-refractivity contribution in [2.24, 2.45) is 0 Å². The minimum Gasteiger partial charge on any atom is -0.493 e. The Balaban J connectivity index is 2.03. The first-order valence-corrected chi connectivity index (χ1v) is 6.86. The summed E-state index contributed by atoms with van der Waals surface area (Å²) in [5, 5.41) is 10.7. The van der Waals surface area contributed by atoms with Gasteiger partial charge in [-0.1, -0.05) is 30.3 Å². The van der Waals surface area contributed by atoms with Gasteiger partial charge in [0.1, 0.15) is 6.10 Å². The van der Waals surface area contributed by atoms with E-state index in [-0.39, 0.29) is 0 Å². The van der Waals surface area contributed by atoms with E-state index in [9.17, 15) is 9.90 Å². The highest BCUT2D eigenvalue weighted by Gasteiger charge is 2.37. The Morgan fingerprint density at radius 1 is 1.09 bits per heavy atom. The lowest BCUT2D eigenvalue weighted by molar-refractivity contribution is -0.0110. The fourth-order valence-electron chi connectivity index (χ4n) is 2.72. The van der Waals surface area contributed by atoms with Gasteiger partial charge >= 0.3 is 5.97 Å². The number of methoxy groups -OCH3 is 2. The lowest BCUT2D eigenvalue weighted by Gasteiger charge is -2.21. The normalized spacial score (nSPS) is 17.6. The molecule has 3 rings (SSSR count). The van der Waals surface area contributed by atoms with E-state index >= 15 is 0 Å². The number of carbonyl (C=O) groups is 1. The van der Waals surface area contributed by atoms with Crippen LogP contribution in [-0.4, -0.2) is 25.3 Å². The second kappa shape index (κ2) is 5.69. The quantitative estimate of drug-likeness (QED) is 0.879. The molecule has 5 nitrogen and oxygen atoms in total. The van der Waals surface area contributed by atoms with Crippen molar-refractivity contribution < 1.29 is 24.1 Å². The molecule has 0 radical (unpaired) electrons. The van der Waals surface area contributed by atoms with E-state index in [1.165, 1.54) is 14.2 Å². The molecular formula is C17H16O5. The third-order valence-electron chi connectivity index (χ3n) is 3.76. The monoisotopic (exact) mass is 300 g/mol. The maximum absolute atomic E-state index is 11.9. The van der Waals surface area contributed by atoms with E-state index in [4.69, 9.17) is 14.2 Å². The minimum atomic E-state index is -1.04. The topological polar surface area (TPSA) is 65.0 Å². The number of hydrogen-bond acceptors (Lipinski definition) is 5. The summed E-state index contributed by atoms with van der Waals surface area (Å²) in [7, 11) is 3.03. The predicted molar refractivity (Wildman–Crippen MR) is 79.1 cm³/mol. The summed E-state index contributed by atoms with van der Waals surface area (Å²) in [5.74, 6) is 0.510. The first-order chi connectivity index (χ1) is 10.7. The van der Waals surface area contributed by atoms with Crippen molar-refractivity contribution in [3.05, 3.63) is 59.2 Å². The standard InChI is InChI=1S/C17H16O5/c1-20-13-9-5-8-12(15(13)21-2)14(18)16-10-6-3-4-7-11(10)17(19)22-16/h3-9,14,16,18H,1-2H3/t14-,16-/m0/s1. The molecule has 2 aromatic carbocycles. The first-order valence-electron chi connectivity index (χ1n) is 6.86. The highest BCUT2D eigenvalue weighted by atomic mass is 16.6. The predicted octanol–water partition coefficient (Wildman–Crippen LogP) is 2.65. The molecule has 2 atom stereocenters. The number of carbonyl (C=O) groups excluding carboxylic acids is 1. The van der Waals surface area contributed by atoms with Crippen LogP contribution < -0.4 is 9.47 Å². The van der Waals surface area contributed by atoms with Gasteiger partial charge in [-0.25, -0.2) is 4.79 Å². The van der Waals surface area contributed by atoms with Gasteiger partial charge in [-0.15, -0.1) is 0 Å². The van der Waals surface area contributed by atoms with Crippen LogP contribution in [0.15, 0.2) is 42.5 Å². The molecule has 0 spiro atoms. The zero-order valence-electron chi connectivity index (χ0n) is 12.3.